The van der Waals surface area contributed by atoms with Crippen molar-refractivity contribution in [2.75, 3.05) is 29.9 Å². The van der Waals surface area contributed by atoms with Gasteiger partial charge in [-0.3, -0.25) is 4.79 Å². The van der Waals surface area contributed by atoms with E-state index < -0.39 is 34.1 Å². The summed E-state index contributed by atoms with van der Waals surface area (Å²) in [6, 6.07) is 4.23. The predicted octanol–water partition coefficient (Wildman–Crippen LogP) is -0.751. The van der Waals surface area contributed by atoms with E-state index in [1.165, 1.54) is 18.2 Å². The van der Waals surface area contributed by atoms with Gasteiger partial charge in [0.15, 0.2) is 9.84 Å². The third-order valence-corrected chi connectivity index (χ3v) is 4.48. The van der Waals surface area contributed by atoms with Crippen molar-refractivity contribution in [3.63, 3.8) is 0 Å². The van der Waals surface area contributed by atoms with Crippen LogP contribution in [0.2, 0.25) is 0 Å². The van der Waals surface area contributed by atoms with E-state index in [9.17, 15) is 18.3 Å². The van der Waals surface area contributed by atoms with Crippen LogP contribution in [0.1, 0.15) is 6.42 Å². The SMILES string of the molecule is NCC(O)CNc1ccc(N)cc1S(=O)(=O)CCC(=O)O. The second kappa shape index (κ2) is 7.25. The summed E-state index contributed by atoms with van der Waals surface area (Å²) in [5.74, 6) is -1.73. The summed E-state index contributed by atoms with van der Waals surface area (Å²) >= 11 is 0. The number of aliphatic hydroxyl groups is 1. The van der Waals surface area contributed by atoms with Gasteiger partial charge in [-0.2, -0.15) is 0 Å². The van der Waals surface area contributed by atoms with Crippen molar-refractivity contribution >= 4 is 27.2 Å². The van der Waals surface area contributed by atoms with Crippen LogP contribution in [0.25, 0.3) is 0 Å². The average molecular weight is 317 g/mol. The van der Waals surface area contributed by atoms with Crippen molar-refractivity contribution < 1.29 is 23.4 Å². The molecule has 0 saturated carbocycles. The summed E-state index contributed by atoms with van der Waals surface area (Å²) in [6.07, 6.45) is -1.32. The molecular formula is C12H19N3O5S. The number of aliphatic carboxylic acids is 1. The van der Waals surface area contributed by atoms with E-state index in [0.29, 0.717) is 0 Å². The molecule has 7 N–H and O–H groups in total. The minimum atomic E-state index is -3.80. The summed E-state index contributed by atoms with van der Waals surface area (Å²) in [6.45, 7) is 0.102. The van der Waals surface area contributed by atoms with Gasteiger partial charge in [-0.05, 0) is 18.2 Å². The number of nitrogens with two attached hydrogens (primary N) is 2. The van der Waals surface area contributed by atoms with Crippen LogP contribution in [-0.2, 0) is 14.6 Å². The molecular weight excluding hydrogens is 298 g/mol. The maximum atomic E-state index is 12.2. The number of hydrogen-bond donors (Lipinski definition) is 5. The van der Waals surface area contributed by atoms with E-state index in [4.69, 9.17) is 16.6 Å². The maximum Gasteiger partial charge on any atom is 0.304 e. The summed E-state index contributed by atoms with van der Waals surface area (Å²) in [5.41, 5.74) is 11.4. The molecule has 0 spiro atoms. The highest BCUT2D eigenvalue weighted by Gasteiger charge is 2.20. The third-order valence-electron chi connectivity index (χ3n) is 2.73. The predicted molar refractivity (Wildman–Crippen MR) is 78.7 cm³/mol. The Morgan fingerprint density at radius 3 is 2.62 bits per heavy atom. The largest absolute Gasteiger partial charge is 0.481 e. The molecule has 0 amide bonds. The number of benzene rings is 1. The number of hydrogen-bond acceptors (Lipinski definition) is 7. The molecule has 0 fully saturated rings. The fourth-order valence-electron chi connectivity index (χ4n) is 1.59. The molecule has 0 aliphatic heterocycles. The molecule has 0 saturated heterocycles. The van der Waals surface area contributed by atoms with Gasteiger partial charge in [0, 0.05) is 18.8 Å². The summed E-state index contributed by atoms with van der Waals surface area (Å²) in [7, 11) is -3.80. The van der Waals surface area contributed by atoms with Gasteiger partial charge in [0.05, 0.1) is 28.9 Å². The lowest BCUT2D eigenvalue weighted by Gasteiger charge is -2.15. The first-order chi connectivity index (χ1) is 9.76. The molecule has 0 heterocycles. The zero-order valence-corrected chi connectivity index (χ0v) is 12.1. The van der Waals surface area contributed by atoms with Crippen LogP contribution in [0.5, 0.6) is 0 Å². The van der Waals surface area contributed by atoms with Crippen LogP contribution in [0.4, 0.5) is 11.4 Å². The van der Waals surface area contributed by atoms with Gasteiger partial charge in [0.25, 0.3) is 0 Å². The molecule has 21 heavy (non-hydrogen) atoms. The Labute approximate surface area is 122 Å². The molecule has 8 nitrogen and oxygen atoms in total. The van der Waals surface area contributed by atoms with E-state index >= 15 is 0 Å². The number of carboxylic acid groups (broad SMARTS) is 1. The Hall–Kier alpha value is -1.84. The molecule has 1 atom stereocenters. The second-order valence-electron chi connectivity index (χ2n) is 4.49. The minimum Gasteiger partial charge on any atom is -0.481 e. The lowest BCUT2D eigenvalue weighted by Crippen LogP contribution is -2.28. The van der Waals surface area contributed by atoms with Crippen LogP contribution in [-0.4, -0.2) is 49.5 Å². The normalized spacial score (nSPS) is 12.9. The average Bonchev–Trinajstić information content (AvgIpc) is 2.43. The fraction of sp³-hybridized carbons (Fsp3) is 0.417. The van der Waals surface area contributed by atoms with Gasteiger partial charge in [-0.25, -0.2) is 8.42 Å². The van der Waals surface area contributed by atoms with E-state index in [1.54, 1.807) is 0 Å². The molecule has 1 aromatic rings. The lowest BCUT2D eigenvalue weighted by molar-refractivity contribution is -0.136. The topological polar surface area (TPSA) is 156 Å². The van der Waals surface area contributed by atoms with E-state index in [1.807, 2.05) is 0 Å². The van der Waals surface area contributed by atoms with Gasteiger partial charge >= 0.3 is 5.97 Å². The van der Waals surface area contributed by atoms with Gasteiger partial charge in [-0.15, -0.1) is 0 Å². The molecule has 0 radical (unpaired) electrons. The standard InChI is InChI=1S/C12H19N3O5S/c13-6-9(16)7-15-10-2-1-8(14)5-11(10)21(19,20)4-3-12(17)18/h1-2,5,9,15-16H,3-4,6-7,13-14H2,(H,17,18). The summed E-state index contributed by atoms with van der Waals surface area (Å²) in [5, 5.41) is 20.8. The number of carbonyl (C=O) groups is 1. The number of nitrogen functional groups attached to an aromatic ring is 1. The highest BCUT2D eigenvalue weighted by molar-refractivity contribution is 7.91. The fourth-order valence-corrected chi connectivity index (χ4v) is 3.04. The number of carboxylic acids is 1. The van der Waals surface area contributed by atoms with Gasteiger partial charge in [0.1, 0.15) is 0 Å². The van der Waals surface area contributed by atoms with Crippen LogP contribution >= 0.6 is 0 Å². The van der Waals surface area contributed by atoms with Crippen molar-refractivity contribution in [1.82, 2.24) is 0 Å². The zero-order chi connectivity index (χ0) is 16.0. The third kappa shape index (κ3) is 5.21. The number of rotatable bonds is 8. The van der Waals surface area contributed by atoms with Crippen LogP contribution < -0.4 is 16.8 Å². The van der Waals surface area contributed by atoms with E-state index in [2.05, 4.69) is 5.32 Å². The van der Waals surface area contributed by atoms with Gasteiger partial charge in [-0.1, -0.05) is 0 Å². The first kappa shape index (κ1) is 17.2. The quantitative estimate of drug-likeness (QED) is 0.392. The first-order valence-electron chi connectivity index (χ1n) is 6.22. The molecule has 0 aliphatic carbocycles. The van der Waals surface area contributed by atoms with Crippen molar-refractivity contribution in [3.05, 3.63) is 18.2 Å². The Kier molecular flexibility index (Phi) is 5.94. The Morgan fingerprint density at radius 1 is 1.38 bits per heavy atom. The zero-order valence-electron chi connectivity index (χ0n) is 11.3. The van der Waals surface area contributed by atoms with Crippen LogP contribution in [0, 0.1) is 0 Å². The highest BCUT2D eigenvalue weighted by atomic mass is 32.2. The molecule has 1 rings (SSSR count). The molecule has 0 bridgehead atoms. The highest BCUT2D eigenvalue weighted by Crippen LogP contribution is 2.25. The molecule has 1 unspecified atom stereocenters. The van der Waals surface area contributed by atoms with Gasteiger partial charge < -0.3 is 27.0 Å². The smallest absolute Gasteiger partial charge is 0.304 e. The van der Waals surface area contributed by atoms with Crippen molar-refractivity contribution in [2.24, 2.45) is 5.73 Å². The summed E-state index contributed by atoms with van der Waals surface area (Å²) in [4.78, 5) is 10.4. The Bertz CT molecular complexity index is 603. The Balaban J connectivity index is 3.03. The number of aliphatic hydroxyl groups excluding tert-OH is 1. The molecule has 0 aliphatic rings. The molecule has 118 valence electrons. The number of sulfone groups is 1. The monoisotopic (exact) mass is 317 g/mol. The van der Waals surface area contributed by atoms with E-state index in [0.717, 1.165) is 0 Å². The van der Waals surface area contributed by atoms with E-state index in [-0.39, 0.29) is 29.4 Å². The molecule has 9 heteroatoms. The van der Waals surface area contributed by atoms with Crippen LogP contribution in [0.3, 0.4) is 0 Å². The number of nitrogens with one attached hydrogen (secondary N) is 1. The van der Waals surface area contributed by atoms with Crippen molar-refractivity contribution in [1.29, 1.82) is 0 Å². The Morgan fingerprint density at radius 2 is 2.05 bits per heavy atom. The second-order valence-corrected chi connectivity index (χ2v) is 6.57. The lowest BCUT2D eigenvalue weighted by atomic mass is 10.2. The molecule has 1 aromatic carbocycles. The van der Waals surface area contributed by atoms with Crippen molar-refractivity contribution in [3.8, 4) is 0 Å². The summed E-state index contributed by atoms with van der Waals surface area (Å²) < 4.78 is 24.4. The maximum absolute atomic E-state index is 12.2. The number of anilines is 2. The van der Waals surface area contributed by atoms with Crippen molar-refractivity contribution in [2.45, 2.75) is 17.4 Å². The first-order valence-corrected chi connectivity index (χ1v) is 7.87. The minimum absolute atomic E-state index is 0.0308. The van der Waals surface area contributed by atoms with Gasteiger partial charge in [0.2, 0.25) is 0 Å². The van der Waals surface area contributed by atoms with Crippen LogP contribution in [0.15, 0.2) is 23.1 Å². The molecule has 0 aromatic heterocycles.